The SMILES string of the molecule is C[N+]12CCC(OC(=O)Nc3ncsc3-c3cc(Cl)cc(Cl)c3)(CC1)CC2.[I-]. The minimum Gasteiger partial charge on any atom is -1.00 e. The van der Waals surface area contributed by atoms with E-state index in [2.05, 4.69) is 17.3 Å². The molecular formula is C18H20Cl2IN3O2S. The number of amides is 1. The first-order chi connectivity index (χ1) is 12.4. The van der Waals surface area contributed by atoms with Gasteiger partial charge in [-0.05, 0) is 23.8 Å². The maximum atomic E-state index is 12.5. The zero-order valence-electron chi connectivity index (χ0n) is 14.8. The molecule has 3 saturated heterocycles. The molecule has 0 atom stereocenters. The Bertz CT molecular complexity index is 816. The van der Waals surface area contributed by atoms with Gasteiger partial charge in [0.1, 0.15) is 5.60 Å². The minimum absolute atomic E-state index is 0. The Hall–Kier alpha value is -0.610. The van der Waals surface area contributed by atoms with Crippen LogP contribution in [0.5, 0.6) is 0 Å². The van der Waals surface area contributed by atoms with Gasteiger partial charge in [-0.15, -0.1) is 11.3 Å². The van der Waals surface area contributed by atoms with E-state index >= 15 is 0 Å². The van der Waals surface area contributed by atoms with E-state index in [0.29, 0.717) is 15.9 Å². The Kier molecular flexibility index (Phi) is 6.27. The highest BCUT2D eigenvalue weighted by Crippen LogP contribution is 2.39. The molecule has 3 aliphatic heterocycles. The molecule has 0 saturated carbocycles. The van der Waals surface area contributed by atoms with E-state index in [0.717, 1.165) is 53.8 Å². The molecule has 1 amide bonds. The van der Waals surface area contributed by atoms with Gasteiger partial charge < -0.3 is 33.2 Å². The van der Waals surface area contributed by atoms with E-state index in [1.165, 1.54) is 11.3 Å². The second-order valence-electron chi connectivity index (χ2n) is 7.43. The third-order valence-electron chi connectivity index (χ3n) is 5.54. The first kappa shape index (κ1) is 21.1. The monoisotopic (exact) mass is 539 g/mol. The van der Waals surface area contributed by atoms with E-state index in [-0.39, 0.29) is 29.6 Å². The molecule has 3 aliphatic rings. The number of hydrogen-bond acceptors (Lipinski definition) is 4. The van der Waals surface area contributed by atoms with Crippen LogP contribution in [0, 0.1) is 0 Å². The molecule has 4 heterocycles. The highest BCUT2D eigenvalue weighted by Gasteiger charge is 2.49. The number of piperidine rings is 3. The number of halogens is 3. The van der Waals surface area contributed by atoms with Crippen molar-refractivity contribution < 1.29 is 38.0 Å². The molecule has 0 spiro atoms. The molecule has 1 N–H and O–H groups in total. The Morgan fingerprint density at radius 2 is 1.78 bits per heavy atom. The number of nitrogens with one attached hydrogen (secondary N) is 1. The number of quaternary nitrogens is 1. The fourth-order valence-corrected chi connectivity index (χ4v) is 5.09. The van der Waals surface area contributed by atoms with E-state index < -0.39 is 6.09 Å². The fraction of sp³-hybridized carbons (Fsp3) is 0.444. The highest BCUT2D eigenvalue weighted by atomic mass is 127. The summed E-state index contributed by atoms with van der Waals surface area (Å²) in [6.07, 6.45) is 2.32. The van der Waals surface area contributed by atoms with Gasteiger partial charge in [0, 0.05) is 29.3 Å². The van der Waals surface area contributed by atoms with Crippen LogP contribution in [0.3, 0.4) is 0 Å². The maximum Gasteiger partial charge on any atom is 0.413 e. The molecule has 0 unspecified atom stereocenters. The van der Waals surface area contributed by atoms with Crippen molar-refractivity contribution in [1.29, 1.82) is 0 Å². The van der Waals surface area contributed by atoms with E-state index in [1.54, 1.807) is 23.7 Å². The lowest BCUT2D eigenvalue weighted by molar-refractivity contribution is -0.926. The number of carbonyl (C=O) groups is 1. The lowest BCUT2D eigenvalue weighted by Gasteiger charge is -2.51. The Labute approximate surface area is 189 Å². The van der Waals surface area contributed by atoms with Gasteiger partial charge in [0.15, 0.2) is 5.82 Å². The standard InChI is InChI=1S/C18H19Cl2N3O2S.HI/c1-23-5-2-18(3-6-23,4-7-23)25-17(24)22-16-15(26-11-21-16)12-8-13(19)10-14(20)9-12;/h8-11H,2-7H2,1H3;1H. The van der Waals surface area contributed by atoms with Gasteiger partial charge in [-0.3, -0.25) is 5.32 Å². The molecule has 2 bridgehead atoms. The molecular weight excluding hydrogens is 520 g/mol. The summed E-state index contributed by atoms with van der Waals surface area (Å²) >= 11 is 13.6. The van der Waals surface area contributed by atoms with Crippen molar-refractivity contribution in [3.05, 3.63) is 33.8 Å². The molecule has 5 nitrogen and oxygen atoms in total. The van der Waals surface area contributed by atoms with Crippen LogP contribution in [0.15, 0.2) is 23.7 Å². The maximum absolute atomic E-state index is 12.5. The lowest BCUT2D eigenvalue weighted by atomic mass is 9.81. The van der Waals surface area contributed by atoms with Crippen molar-refractivity contribution in [3.63, 3.8) is 0 Å². The number of anilines is 1. The van der Waals surface area contributed by atoms with Gasteiger partial charge >= 0.3 is 6.09 Å². The molecule has 3 fully saturated rings. The number of aromatic nitrogens is 1. The Morgan fingerprint density at radius 1 is 1.19 bits per heavy atom. The number of hydrogen-bond donors (Lipinski definition) is 1. The predicted octanol–water partition coefficient (Wildman–Crippen LogP) is 2.05. The van der Waals surface area contributed by atoms with Gasteiger partial charge in [0.2, 0.25) is 0 Å². The smallest absolute Gasteiger partial charge is 0.413 e. The average molecular weight is 540 g/mol. The summed E-state index contributed by atoms with van der Waals surface area (Å²) in [6.45, 7) is 3.20. The molecule has 2 aromatic rings. The number of nitrogens with zero attached hydrogens (tertiary/aromatic N) is 2. The second kappa shape index (κ2) is 8.02. The number of benzene rings is 1. The number of fused-ring (bicyclic) bond motifs is 3. The Balaban J connectivity index is 0.00000210. The van der Waals surface area contributed by atoms with E-state index in [1.807, 2.05) is 0 Å². The van der Waals surface area contributed by atoms with Crippen LogP contribution in [0.25, 0.3) is 10.4 Å². The van der Waals surface area contributed by atoms with Crippen LogP contribution in [0.4, 0.5) is 10.6 Å². The summed E-state index contributed by atoms with van der Waals surface area (Å²) in [5.74, 6) is 0.474. The second-order valence-corrected chi connectivity index (χ2v) is 9.15. The van der Waals surface area contributed by atoms with E-state index in [9.17, 15) is 4.79 Å². The first-order valence-electron chi connectivity index (χ1n) is 8.60. The summed E-state index contributed by atoms with van der Waals surface area (Å²) in [5.41, 5.74) is 2.18. The van der Waals surface area contributed by atoms with Gasteiger partial charge in [0.25, 0.3) is 0 Å². The number of rotatable bonds is 3. The van der Waals surface area contributed by atoms with Crippen LogP contribution in [0.1, 0.15) is 19.3 Å². The highest BCUT2D eigenvalue weighted by molar-refractivity contribution is 7.13. The van der Waals surface area contributed by atoms with Crippen molar-refractivity contribution in [3.8, 4) is 10.4 Å². The fourth-order valence-electron chi connectivity index (χ4n) is 3.83. The van der Waals surface area contributed by atoms with Gasteiger partial charge in [-0.25, -0.2) is 9.78 Å². The van der Waals surface area contributed by atoms with Crippen molar-refractivity contribution in [2.45, 2.75) is 24.9 Å². The van der Waals surface area contributed by atoms with Crippen LogP contribution >= 0.6 is 34.5 Å². The van der Waals surface area contributed by atoms with Crippen LogP contribution in [-0.4, -0.2) is 47.8 Å². The number of ether oxygens (including phenoxy) is 1. The molecule has 146 valence electrons. The largest absolute Gasteiger partial charge is 1.00 e. The van der Waals surface area contributed by atoms with Gasteiger partial charge in [-0.2, -0.15) is 0 Å². The zero-order chi connectivity index (χ0) is 18.4. The molecule has 1 aromatic heterocycles. The van der Waals surface area contributed by atoms with Crippen molar-refractivity contribution in [1.82, 2.24) is 4.98 Å². The molecule has 0 aliphatic carbocycles. The van der Waals surface area contributed by atoms with Crippen LogP contribution < -0.4 is 29.3 Å². The topological polar surface area (TPSA) is 51.2 Å². The summed E-state index contributed by atoms with van der Waals surface area (Å²) in [5, 5.41) is 3.89. The van der Waals surface area contributed by atoms with Crippen LogP contribution in [0.2, 0.25) is 10.0 Å². The summed E-state index contributed by atoms with van der Waals surface area (Å²) in [4.78, 5) is 17.6. The summed E-state index contributed by atoms with van der Waals surface area (Å²) < 4.78 is 6.97. The van der Waals surface area contributed by atoms with Gasteiger partial charge in [0.05, 0.1) is 37.1 Å². The molecule has 5 rings (SSSR count). The Morgan fingerprint density at radius 3 is 2.37 bits per heavy atom. The van der Waals surface area contributed by atoms with Crippen LogP contribution in [-0.2, 0) is 4.74 Å². The third-order valence-corrected chi connectivity index (χ3v) is 6.86. The molecule has 1 aromatic carbocycles. The average Bonchev–Trinajstić information content (AvgIpc) is 3.03. The van der Waals surface area contributed by atoms with E-state index in [4.69, 9.17) is 27.9 Å². The predicted molar refractivity (Wildman–Crippen MR) is 105 cm³/mol. The van der Waals surface area contributed by atoms with Crippen molar-refractivity contribution >= 4 is 46.4 Å². The minimum atomic E-state index is -0.441. The van der Waals surface area contributed by atoms with Gasteiger partial charge in [-0.1, -0.05) is 23.2 Å². The molecule has 0 radical (unpaired) electrons. The molecule has 27 heavy (non-hydrogen) atoms. The zero-order valence-corrected chi connectivity index (χ0v) is 19.3. The number of thiazole rings is 1. The summed E-state index contributed by atoms with van der Waals surface area (Å²) in [6, 6.07) is 5.28. The lowest BCUT2D eigenvalue weighted by Crippen LogP contribution is -3.00. The number of carbonyl (C=O) groups excluding carboxylic acids is 1. The van der Waals surface area contributed by atoms with Crippen molar-refractivity contribution in [2.75, 3.05) is 32.0 Å². The quantitative estimate of drug-likeness (QED) is 0.480. The van der Waals surface area contributed by atoms with Crippen molar-refractivity contribution in [2.24, 2.45) is 0 Å². The first-order valence-corrected chi connectivity index (χ1v) is 10.2. The normalized spacial score (nSPS) is 26.3. The molecule has 9 heteroatoms. The summed E-state index contributed by atoms with van der Waals surface area (Å²) in [7, 11) is 2.28. The third kappa shape index (κ3) is 4.53.